The molecule has 2 atom stereocenters. The molecule has 10 heteroatoms. The number of halogens is 1. The van der Waals surface area contributed by atoms with Crippen molar-refractivity contribution < 1.29 is 28.8 Å². The number of carbonyl (C=O) groups is 1. The monoisotopic (exact) mass is 611 g/mol. The summed E-state index contributed by atoms with van der Waals surface area (Å²) in [5.41, 5.74) is 7.24. The van der Waals surface area contributed by atoms with Gasteiger partial charge in [0, 0.05) is 36.0 Å². The second-order valence-corrected chi connectivity index (χ2v) is 10.2. The first-order valence-corrected chi connectivity index (χ1v) is 13.8. The van der Waals surface area contributed by atoms with Gasteiger partial charge in [-0.3, -0.25) is 10.2 Å². The number of methoxy groups -OCH3 is 2. The molecule has 0 aromatic heterocycles. The van der Waals surface area contributed by atoms with Gasteiger partial charge in [0.25, 0.3) is 5.91 Å². The number of nitrogens with zero attached hydrogens (tertiary/aromatic N) is 1. The number of aliphatic hydroxyl groups is 1. The zero-order valence-electron chi connectivity index (χ0n) is 22.8. The van der Waals surface area contributed by atoms with Gasteiger partial charge in [0.1, 0.15) is 11.9 Å². The average Bonchev–Trinajstić information content (AvgIpc) is 3.31. The first-order chi connectivity index (χ1) is 19.4. The van der Waals surface area contributed by atoms with E-state index in [1.165, 1.54) is 0 Å². The zero-order valence-corrected chi connectivity index (χ0v) is 24.4. The predicted molar refractivity (Wildman–Crippen MR) is 156 cm³/mol. The van der Waals surface area contributed by atoms with Gasteiger partial charge < -0.3 is 24.1 Å². The second kappa shape index (κ2) is 13.6. The Balaban J connectivity index is 1.55. The van der Waals surface area contributed by atoms with Crippen LogP contribution in [-0.4, -0.2) is 56.0 Å². The normalized spacial score (nSPS) is 18.0. The van der Waals surface area contributed by atoms with E-state index in [9.17, 15) is 4.79 Å². The molecular formula is C30H34BrN3O6. The summed E-state index contributed by atoms with van der Waals surface area (Å²) in [6.07, 6.45) is 0.339. The van der Waals surface area contributed by atoms with Crippen LogP contribution in [0.1, 0.15) is 30.0 Å². The summed E-state index contributed by atoms with van der Waals surface area (Å²) in [7, 11) is 3.17. The number of amides is 1. The lowest BCUT2D eigenvalue weighted by atomic mass is 9.86. The Bertz CT molecular complexity index is 1330. The van der Waals surface area contributed by atoms with E-state index in [4.69, 9.17) is 29.0 Å². The summed E-state index contributed by atoms with van der Waals surface area (Å²) in [5.74, 6) is 1.99. The summed E-state index contributed by atoms with van der Waals surface area (Å²) < 4.78 is 23.4. The third-order valence-electron chi connectivity index (χ3n) is 6.69. The number of hydrazine groups is 1. The highest BCUT2D eigenvalue weighted by atomic mass is 79.9. The molecule has 0 aliphatic carbocycles. The highest BCUT2D eigenvalue weighted by molar-refractivity contribution is 9.10. The van der Waals surface area contributed by atoms with E-state index in [1.807, 2.05) is 73.7 Å². The lowest BCUT2D eigenvalue weighted by Crippen LogP contribution is -2.55. The largest absolute Gasteiger partial charge is 0.494 e. The Morgan fingerprint density at radius 3 is 2.52 bits per heavy atom. The summed E-state index contributed by atoms with van der Waals surface area (Å²) in [6.45, 7) is 2.72. The smallest absolute Gasteiger partial charge is 0.266 e. The fourth-order valence-corrected chi connectivity index (χ4v) is 4.83. The first-order valence-electron chi connectivity index (χ1n) is 13.0. The van der Waals surface area contributed by atoms with Crippen molar-refractivity contribution in [1.29, 1.82) is 0 Å². The summed E-state index contributed by atoms with van der Waals surface area (Å²) in [4.78, 5) is 18.7. The van der Waals surface area contributed by atoms with E-state index in [1.54, 1.807) is 14.2 Å². The van der Waals surface area contributed by atoms with Crippen LogP contribution < -0.4 is 25.1 Å². The zero-order chi connectivity index (χ0) is 28.5. The highest BCUT2D eigenvalue weighted by Gasteiger charge is 2.50. The Hall–Kier alpha value is -3.60. The molecule has 0 unspecified atom stereocenters. The summed E-state index contributed by atoms with van der Waals surface area (Å²) in [5, 5.41) is 8.96. The van der Waals surface area contributed by atoms with Crippen molar-refractivity contribution in [3.63, 3.8) is 0 Å². The van der Waals surface area contributed by atoms with Crippen LogP contribution in [0.5, 0.6) is 17.2 Å². The van der Waals surface area contributed by atoms with Crippen molar-refractivity contribution in [2.24, 2.45) is 4.99 Å². The minimum atomic E-state index is -1.22. The molecule has 1 aliphatic heterocycles. The molecule has 9 nitrogen and oxygen atoms in total. The van der Waals surface area contributed by atoms with Gasteiger partial charge in [-0.25, -0.2) is 10.4 Å². The Kier molecular flexibility index (Phi) is 10.0. The number of rotatable bonds is 13. The average molecular weight is 613 g/mol. The van der Waals surface area contributed by atoms with Crippen LogP contribution in [0.15, 0.2) is 76.2 Å². The fraction of sp³-hybridized carbons (Fsp3) is 0.333. The van der Waals surface area contributed by atoms with E-state index in [0.29, 0.717) is 49.1 Å². The third kappa shape index (κ3) is 6.75. The fourth-order valence-electron chi connectivity index (χ4n) is 4.40. The third-order valence-corrected chi connectivity index (χ3v) is 7.46. The van der Waals surface area contributed by atoms with Crippen LogP contribution in [-0.2, 0) is 22.5 Å². The molecule has 3 aromatic rings. The molecule has 212 valence electrons. The number of ether oxygens (including phenoxy) is 4. The second-order valence-electron chi connectivity index (χ2n) is 9.32. The van der Waals surface area contributed by atoms with E-state index in [0.717, 1.165) is 21.2 Å². The van der Waals surface area contributed by atoms with Crippen molar-refractivity contribution in [1.82, 2.24) is 10.9 Å². The molecule has 0 saturated carbocycles. The van der Waals surface area contributed by atoms with E-state index in [2.05, 4.69) is 26.8 Å². The number of hydrogen-bond acceptors (Lipinski definition) is 8. The quantitative estimate of drug-likeness (QED) is 0.196. The van der Waals surface area contributed by atoms with Gasteiger partial charge in [0.2, 0.25) is 5.90 Å². The first kappa shape index (κ1) is 29.4. The lowest BCUT2D eigenvalue weighted by Gasteiger charge is -2.28. The molecule has 4 rings (SSSR count). The van der Waals surface area contributed by atoms with Gasteiger partial charge in [0.05, 0.1) is 20.8 Å². The minimum absolute atomic E-state index is 0.0748. The predicted octanol–water partition coefficient (Wildman–Crippen LogP) is 4.20. The Morgan fingerprint density at radius 1 is 1.07 bits per heavy atom. The van der Waals surface area contributed by atoms with E-state index >= 15 is 0 Å². The van der Waals surface area contributed by atoms with E-state index in [-0.39, 0.29) is 12.5 Å². The van der Waals surface area contributed by atoms with Crippen LogP contribution in [0, 0.1) is 0 Å². The van der Waals surface area contributed by atoms with E-state index < -0.39 is 11.6 Å². The van der Waals surface area contributed by atoms with Crippen LogP contribution in [0.3, 0.4) is 0 Å². The number of aliphatic hydroxyl groups excluding tert-OH is 1. The van der Waals surface area contributed by atoms with Crippen molar-refractivity contribution in [3.8, 4) is 17.2 Å². The summed E-state index contributed by atoms with van der Waals surface area (Å²) in [6, 6.07) is 20.7. The maximum Gasteiger partial charge on any atom is 0.266 e. The SMILES string of the molecule is COc1ccc(CNNC(=O)[C@@]2(Cc3ccccc3Br)N=C(c3ccc(OCCCO)cc3)O[C@H]2C)cc1OC. The van der Waals surface area contributed by atoms with Crippen LogP contribution in [0.2, 0.25) is 0 Å². The molecular weight excluding hydrogens is 578 g/mol. The number of hydrogen-bond donors (Lipinski definition) is 3. The maximum atomic E-state index is 13.8. The molecule has 0 saturated heterocycles. The Labute approximate surface area is 242 Å². The van der Waals surface area contributed by atoms with Crippen molar-refractivity contribution in [3.05, 3.63) is 87.9 Å². The topological polar surface area (TPSA) is 111 Å². The number of aliphatic imine (C=N–C) groups is 1. The van der Waals surface area contributed by atoms with Crippen LogP contribution in [0.25, 0.3) is 0 Å². The molecule has 1 heterocycles. The number of carbonyl (C=O) groups excluding carboxylic acids is 1. The van der Waals surface area contributed by atoms with Gasteiger partial charge in [-0.2, -0.15) is 0 Å². The molecule has 0 spiro atoms. The van der Waals surface area contributed by atoms with Gasteiger partial charge in [0.15, 0.2) is 17.0 Å². The molecule has 1 aliphatic rings. The van der Waals surface area contributed by atoms with Crippen molar-refractivity contribution >= 4 is 27.7 Å². The lowest BCUT2D eigenvalue weighted by molar-refractivity contribution is -0.129. The van der Waals surface area contributed by atoms with Crippen LogP contribution in [0.4, 0.5) is 0 Å². The number of nitrogens with one attached hydrogen (secondary N) is 2. The molecule has 0 radical (unpaired) electrons. The highest BCUT2D eigenvalue weighted by Crippen LogP contribution is 2.34. The summed E-state index contributed by atoms with van der Waals surface area (Å²) >= 11 is 3.61. The molecule has 3 aromatic carbocycles. The van der Waals surface area contributed by atoms with Gasteiger partial charge in [-0.15, -0.1) is 0 Å². The van der Waals surface area contributed by atoms with Crippen molar-refractivity contribution in [2.45, 2.75) is 38.0 Å². The molecule has 3 N–H and O–H groups in total. The van der Waals surface area contributed by atoms with Gasteiger partial charge in [-0.1, -0.05) is 40.2 Å². The maximum absolute atomic E-state index is 13.8. The number of benzene rings is 3. The minimum Gasteiger partial charge on any atom is -0.494 e. The molecule has 0 bridgehead atoms. The van der Waals surface area contributed by atoms with Gasteiger partial charge >= 0.3 is 0 Å². The van der Waals surface area contributed by atoms with Crippen molar-refractivity contribution in [2.75, 3.05) is 27.4 Å². The van der Waals surface area contributed by atoms with Crippen LogP contribution >= 0.6 is 15.9 Å². The van der Waals surface area contributed by atoms with Gasteiger partial charge in [-0.05, 0) is 60.5 Å². The standard InChI is InChI=1S/C30H34BrN3O6/c1-20-30(18-23-7-4-5-8-25(23)31,29(36)34-32-19-21-9-14-26(37-2)27(17-21)38-3)33-28(40-20)22-10-12-24(13-11-22)39-16-6-15-35/h4-5,7-14,17,20,32,35H,6,15-16,18-19H2,1-3H3,(H,34,36)/t20-,30-/m0/s1. The molecule has 1 amide bonds. The Morgan fingerprint density at radius 2 is 1.82 bits per heavy atom. The molecule has 0 fully saturated rings. The molecule has 40 heavy (non-hydrogen) atoms.